The van der Waals surface area contributed by atoms with Crippen molar-refractivity contribution in [1.82, 2.24) is 0 Å². The largest absolute Gasteiger partial charge is 0.304 e. The summed E-state index contributed by atoms with van der Waals surface area (Å²) in [7, 11) is 0. The predicted octanol–water partition coefficient (Wildman–Crippen LogP) is 3.54. The lowest BCUT2D eigenvalue weighted by Gasteiger charge is -2.25. The molecule has 0 aliphatic carbocycles. The number of benzene rings is 1. The number of Topliss-reactive ketones (excluding diaryl/α,β-unsaturated/α-hetero) is 1. The zero-order chi connectivity index (χ0) is 14.2. The van der Waals surface area contributed by atoms with E-state index < -0.39 is 11.7 Å². The number of hydrogen-bond donors (Lipinski definition) is 0. The van der Waals surface area contributed by atoms with Gasteiger partial charge in [-0.05, 0) is 30.0 Å². The molecule has 0 bridgehead atoms. The van der Waals surface area contributed by atoms with Crippen LogP contribution in [0.4, 0.5) is 5.69 Å². The molecule has 1 heterocycles. The molecule has 2 rings (SSSR count). The molecule has 5 heteroatoms. The third-order valence-electron chi connectivity index (χ3n) is 3.49. The third kappa shape index (κ3) is 2.70. The normalized spacial score (nSPS) is 16.2. The molecule has 0 aromatic heterocycles. The van der Waals surface area contributed by atoms with Crippen LogP contribution in [-0.4, -0.2) is 23.6 Å². The number of rotatable bonds is 4. The van der Waals surface area contributed by atoms with Gasteiger partial charge in [-0.2, -0.15) is 0 Å². The van der Waals surface area contributed by atoms with Crippen LogP contribution in [0.1, 0.15) is 24.2 Å². The minimum Gasteiger partial charge on any atom is -0.304 e. The number of ketones is 1. The molecule has 0 fully saturated rings. The minimum absolute atomic E-state index is 0.304. The smallest absolute Gasteiger partial charge is 0.299 e. The molecule has 0 spiro atoms. The standard InChI is InChI=1S/C14H15BrClNO2/c1-8(2)9(6-15)7-17-12-4-3-10(16)5-11(12)13(18)14(17)19/h3-5,8-9H,6-7H2,1-2H3. The number of nitrogens with zero attached hydrogens (tertiary/aromatic N) is 1. The van der Waals surface area contributed by atoms with Gasteiger partial charge in [-0.1, -0.05) is 41.4 Å². The minimum atomic E-state index is -0.463. The molecule has 0 N–H and O–H groups in total. The zero-order valence-electron chi connectivity index (χ0n) is 10.8. The summed E-state index contributed by atoms with van der Waals surface area (Å²) in [5, 5.41) is 1.27. The van der Waals surface area contributed by atoms with Crippen molar-refractivity contribution in [2.45, 2.75) is 13.8 Å². The Hall–Kier alpha value is -0.870. The lowest BCUT2D eigenvalue weighted by molar-refractivity contribution is -0.114. The van der Waals surface area contributed by atoms with E-state index in [-0.39, 0.29) is 0 Å². The lowest BCUT2D eigenvalue weighted by Crippen LogP contribution is -2.36. The first-order valence-corrected chi connectivity index (χ1v) is 7.67. The van der Waals surface area contributed by atoms with Crippen LogP contribution < -0.4 is 4.90 Å². The molecular weight excluding hydrogens is 330 g/mol. The van der Waals surface area contributed by atoms with E-state index in [0.717, 1.165) is 5.33 Å². The zero-order valence-corrected chi connectivity index (χ0v) is 13.2. The summed E-state index contributed by atoms with van der Waals surface area (Å²) in [5.74, 6) is -0.185. The van der Waals surface area contributed by atoms with Crippen LogP contribution >= 0.6 is 27.5 Å². The molecule has 1 aliphatic rings. The van der Waals surface area contributed by atoms with Gasteiger partial charge in [-0.25, -0.2) is 0 Å². The first-order valence-electron chi connectivity index (χ1n) is 6.17. The van der Waals surface area contributed by atoms with Gasteiger partial charge in [0, 0.05) is 16.9 Å². The van der Waals surface area contributed by atoms with Crippen LogP contribution in [0.5, 0.6) is 0 Å². The van der Waals surface area contributed by atoms with E-state index in [1.54, 1.807) is 23.1 Å². The highest BCUT2D eigenvalue weighted by molar-refractivity contribution is 9.09. The molecule has 1 unspecified atom stereocenters. The molecule has 102 valence electrons. The molecule has 1 aromatic carbocycles. The molecule has 0 saturated carbocycles. The third-order valence-corrected chi connectivity index (χ3v) is 4.56. The highest BCUT2D eigenvalue weighted by atomic mass is 79.9. The summed E-state index contributed by atoms with van der Waals surface area (Å²) in [6.07, 6.45) is 0. The van der Waals surface area contributed by atoms with Crippen LogP contribution in [0.2, 0.25) is 5.02 Å². The molecule has 0 saturated heterocycles. The number of alkyl halides is 1. The Morgan fingerprint density at radius 1 is 1.32 bits per heavy atom. The van der Waals surface area contributed by atoms with Gasteiger partial charge >= 0.3 is 0 Å². The number of anilines is 1. The summed E-state index contributed by atoms with van der Waals surface area (Å²) in [6.45, 7) is 4.76. The van der Waals surface area contributed by atoms with Gasteiger partial charge < -0.3 is 4.90 Å². The fourth-order valence-electron chi connectivity index (χ4n) is 2.13. The van der Waals surface area contributed by atoms with E-state index in [2.05, 4.69) is 29.8 Å². The highest BCUT2D eigenvalue weighted by Gasteiger charge is 2.37. The second kappa shape index (κ2) is 5.63. The van der Waals surface area contributed by atoms with Gasteiger partial charge in [0.05, 0.1) is 11.3 Å². The van der Waals surface area contributed by atoms with Crippen molar-refractivity contribution in [3.8, 4) is 0 Å². The molecule has 0 radical (unpaired) electrons. The molecular formula is C14H15BrClNO2. The van der Waals surface area contributed by atoms with E-state index in [0.29, 0.717) is 34.7 Å². The van der Waals surface area contributed by atoms with E-state index >= 15 is 0 Å². The van der Waals surface area contributed by atoms with Crippen molar-refractivity contribution in [2.75, 3.05) is 16.8 Å². The molecule has 19 heavy (non-hydrogen) atoms. The summed E-state index contributed by atoms with van der Waals surface area (Å²) in [4.78, 5) is 25.6. The fourth-order valence-corrected chi connectivity index (χ4v) is 3.25. The second-order valence-corrected chi connectivity index (χ2v) is 6.15. The number of carbonyl (C=O) groups excluding carboxylic acids is 2. The van der Waals surface area contributed by atoms with E-state index in [4.69, 9.17) is 11.6 Å². The van der Waals surface area contributed by atoms with Gasteiger partial charge in [0.25, 0.3) is 11.7 Å². The fraction of sp³-hybridized carbons (Fsp3) is 0.429. The van der Waals surface area contributed by atoms with Crippen molar-refractivity contribution >= 4 is 44.9 Å². The first-order chi connectivity index (χ1) is 8.95. The molecule has 1 atom stereocenters. The first kappa shape index (κ1) is 14.5. The number of carbonyl (C=O) groups is 2. The second-order valence-electron chi connectivity index (χ2n) is 5.06. The highest BCUT2D eigenvalue weighted by Crippen LogP contribution is 2.32. The summed E-state index contributed by atoms with van der Waals surface area (Å²) in [6, 6.07) is 5.01. The number of fused-ring (bicyclic) bond motifs is 1. The van der Waals surface area contributed by atoms with Crippen LogP contribution in [0, 0.1) is 11.8 Å². The molecule has 1 aliphatic heterocycles. The average Bonchev–Trinajstić information content (AvgIpc) is 2.59. The number of hydrogen-bond acceptors (Lipinski definition) is 2. The predicted molar refractivity (Wildman–Crippen MR) is 80.3 cm³/mol. The summed E-state index contributed by atoms with van der Waals surface area (Å²) < 4.78 is 0. The Labute approximate surface area is 126 Å². The number of halogens is 2. The van der Waals surface area contributed by atoms with E-state index in [1.807, 2.05) is 0 Å². The molecule has 3 nitrogen and oxygen atoms in total. The van der Waals surface area contributed by atoms with Crippen molar-refractivity contribution < 1.29 is 9.59 Å². The van der Waals surface area contributed by atoms with Crippen molar-refractivity contribution in [3.05, 3.63) is 28.8 Å². The lowest BCUT2D eigenvalue weighted by atomic mass is 9.97. The Bertz CT molecular complexity index is 530. The number of amides is 1. The summed E-state index contributed by atoms with van der Waals surface area (Å²) in [5.41, 5.74) is 1.08. The van der Waals surface area contributed by atoms with Crippen LogP contribution in [0.15, 0.2) is 18.2 Å². The van der Waals surface area contributed by atoms with Gasteiger partial charge in [0.15, 0.2) is 0 Å². The van der Waals surface area contributed by atoms with E-state index in [9.17, 15) is 9.59 Å². The van der Waals surface area contributed by atoms with Crippen LogP contribution in [0.3, 0.4) is 0 Å². The monoisotopic (exact) mass is 343 g/mol. The van der Waals surface area contributed by atoms with Gasteiger partial charge in [0.1, 0.15) is 0 Å². The van der Waals surface area contributed by atoms with Gasteiger partial charge in [-0.3, -0.25) is 9.59 Å². The summed E-state index contributed by atoms with van der Waals surface area (Å²) >= 11 is 9.34. The van der Waals surface area contributed by atoms with Crippen LogP contribution in [0.25, 0.3) is 0 Å². The van der Waals surface area contributed by atoms with E-state index in [1.165, 1.54) is 0 Å². The van der Waals surface area contributed by atoms with Gasteiger partial charge in [-0.15, -0.1) is 0 Å². The maximum atomic E-state index is 12.1. The van der Waals surface area contributed by atoms with Crippen molar-refractivity contribution in [3.63, 3.8) is 0 Å². The Morgan fingerprint density at radius 3 is 2.58 bits per heavy atom. The average molecular weight is 345 g/mol. The van der Waals surface area contributed by atoms with Crippen LogP contribution in [-0.2, 0) is 4.79 Å². The Balaban J connectivity index is 2.33. The topological polar surface area (TPSA) is 37.4 Å². The molecule has 1 aromatic rings. The Morgan fingerprint density at radius 2 is 2.00 bits per heavy atom. The van der Waals surface area contributed by atoms with Crippen molar-refractivity contribution in [1.29, 1.82) is 0 Å². The SMILES string of the molecule is CC(C)C(CBr)CN1C(=O)C(=O)c2cc(Cl)ccc21. The quantitative estimate of drug-likeness (QED) is 0.619. The maximum absolute atomic E-state index is 12.1. The Kier molecular flexibility index (Phi) is 4.31. The molecule has 1 amide bonds. The van der Waals surface area contributed by atoms with Gasteiger partial charge in [0.2, 0.25) is 0 Å². The maximum Gasteiger partial charge on any atom is 0.299 e. The van der Waals surface area contributed by atoms with Crippen molar-refractivity contribution in [2.24, 2.45) is 11.8 Å².